The van der Waals surface area contributed by atoms with Gasteiger partial charge in [0, 0.05) is 11.6 Å². The van der Waals surface area contributed by atoms with Crippen LogP contribution in [0.1, 0.15) is 37.8 Å². The number of aryl methyl sites for hydroxylation is 2. The molecular formula is C15H19N. The number of hydrogen-bond acceptors (Lipinski definition) is 1. The fourth-order valence-electron chi connectivity index (χ4n) is 2.10. The molecule has 16 heavy (non-hydrogen) atoms. The molecule has 0 amide bonds. The molecule has 84 valence electrons. The van der Waals surface area contributed by atoms with Gasteiger partial charge in [-0.2, -0.15) is 0 Å². The van der Waals surface area contributed by atoms with Crippen molar-refractivity contribution in [1.82, 2.24) is 4.98 Å². The smallest absolute Gasteiger partial charge is 0.0702 e. The maximum Gasteiger partial charge on any atom is 0.0702 e. The molecule has 0 bridgehead atoms. The van der Waals surface area contributed by atoms with Crippen molar-refractivity contribution in [2.45, 2.75) is 39.5 Å². The van der Waals surface area contributed by atoms with Gasteiger partial charge in [-0.1, -0.05) is 32.8 Å². The average Bonchev–Trinajstić information content (AvgIpc) is 2.29. The van der Waals surface area contributed by atoms with E-state index in [1.54, 1.807) is 0 Å². The van der Waals surface area contributed by atoms with Crippen LogP contribution in [-0.4, -0.2) is 4.98 Å². The van der Waals surface area contributed by atoms with Gasteiger partial charge in [-0.25, -0.2) is 0 Å². The highest BCUT2D eigenvalue weighted by Crippen LogP contribution is 2.17. The van der Waals surface area contributed by atoms with E-state index in [1.165, 1.54) is 29.4 Å². The molecule has 2 rings (SSSR count). The molecule has 2 aromatic rings. The lowest BCUT2D eigenvalue weighted by atomic mass is 10.0. The van der Waals surface area contributed by atoms with E-state index >= 15 is 0 Å². The standard InChI is InChI=1S/C15H19N/c1-3-5-12-7-8-15-14(9-12)10-13(6-4-2)11-16-15/h7-11H,3-6H2,1-2H3. The summed E-state index contributed by atoms with van der Waals surface area (Å²) in [5.41, 5.74) is 3.88. The predicted molar refractivity (Wildman–Crippen MR) is 69.7 cm³/mol. The fraction of sp³-hybridized carbons (Fsp3) is 0.400. The number of rotatable bonds is 4. The second kappa shape index (κ2) is 5.11. The van der Waals surface area contributed by atoms with Crippen LogP contribution < -0.4 is 0 Å². The van der Waals surface area contributed by atoms with E-state index in [0.717, 1.165) is 18.4 Å². The summed E-state index contributed by atoms with van der Waals surface area (Å²) in [4.78, 5) is 4.50. The van der Waals surface area contributed by atoms with Crippen molar-refractivity contribution in [3.8, 4) is 0 Å². The maximum absolute atomic E-state index is 4.50. The summed E-state index contributed by atoms with van der Waals surface area (Å²) in [6, 6.07) is 8.89. The lowest BCUT2D eigenvalue weighted by molar-refractivity contribution is 0.915. The molecule has 0 fully saturated rings. The molecule has 0 N–H and O–H groups in total. The zero-order valence-corrected chi connectivity index (χ0v) is 10.2. The van der Waals surface area contributed by atoms with E-state index in [9.17, 15) is 0 Å². The molecule has 0 aliphatic heterocycles. The number of hydrogen-bond donors (Lipinski definition) is 0. The Hall–Kier alpha value is -1.37. The minimum absolute atomic E-state index is 1.11. The Bertz CT molecular complexity index is 433. The van der Waals surface area contributed by atoms with Gasteiger partial charge in [-0.15, -0.1) is 0 Å². The van der Waals surface area contributed by atoms with Crippen LogP contribution in [0.15, 0.2) is 30.5 Å². The van der Waals surface area contributed by atoms with E-state index in [-0.39, 0.29) is 0 Å². The molecule has 1 nitrogen and oxygen atoms in total. The van der Waals surface area contributed by atoms with Crippen LogP contribution in [0.25, 0.3) is 10.9 Å². The van der Waals surface area contributed by atoms with Gasteiger partial charge in [0.1, 0.15) is 0 Å². The van der Waals surface area contributed by atoms with E-state index in [4.69, 9.17) is 0 Å². The Kier molecular flexibility index (Phi) is 3.55. The van der Waals surface area contributed by atoms with Crippen LogP contribution in [0.5, 0.6) is 0 Å². The second-order valence-electron chi connectivity index (χ2n) is 4.37. The first-order valence-corrected chi connectivity index (χ1v) is 6.21. The lowest BCUT2D eigenvalue weighted by Gasteiger charge is -2.04. The third kappa shape index (κ3) is 2.41. The second-order valence-corrected chi connectivity index (χ2v) is 4.37. The summed E-state index contributed by atoms with van der Waals surface area (Å²) < 4.78 is 0. The van der Waals surface area contributed by atoms with Gasteiger partial charge >= 0.3 is 0 Å². The highest BCUT2D eigenvalue weighted by Gasteiger charge is 1.99. The van der Waals surface area contributed by atoms with E-state index in [0.29, 0.717) is 0 Å². The van der Waals surface area contributed by atoms with Gasteiger partial charge in [0.25, 0.3) is 0 Å². The van der Waals surface area contributed by atoms with Crippen molar-refractivity contribution < 1.29 is 0 Å². The monoisotopic (exact) mass is 213 g/mol. The number of pyridine rings is 1. The van der Waals surface area contributed by atoms with Crippen molar-refractivity contribution in [3.05, 3.63) is 41.6 Å². The maximum atomic E-state index is 4.50. The molecule has 0 saturated carbocycles. The molecule has 1 aromatic carbocycles. The number of fused-ring (bicyclic) bond motifs is 1. The van der Waals surface area contributed by atoms with E-state index in [1.807, 2.05) is 6.20 Å². The van der Waals surface area contributed by atoms with Gasteiger partial charge in [0.05, 0.1) is 5.52 Å². The van der Waals surface area contributed by atoms with Gasteiger partial charge in [0.15, 0.2) is 0 Å². The highest BCUT2D eigenvalue weighted by molar-refractivity contribution is 5.79. The predicted octanol–water partition coefficient (Wildman–Crippen LogP) is 4.14. The van der Waals surface area contributed by atoms with Crippen LogP contribution >= 0.6 is 0 Å². The molecular weight excluding hydrogens is 194 g/mol. The Morgan fingerprint density at radius 1 is 0.938 bits per heavy atom. The summed E-state index contributed by atoms with van der Waals surface area (Å²) in [6.07, 6.45) is 6.68. The Balaban J connectivity index is 2.39. The molecule has 0 radical (unpaired) electrons. The molecule has 0 saturated heterocycles. The van der Waals surface area contributed by atoms with E-state index < -0.39 is 0 Å². The molecule has 0 aliphatic carbocycles. The van der Waals surface area contributed by atoms with Gasteiger partial charge < -0.3 is 0 Å². The molecule has 1 heterocycles. The van der Waals surface area contributed by atoms with Crippen molar-refractivity contribution in [2.24, 2.45) is 0 Å². The van der Waals surface area contributed by atoms with Gasteiger partial charge in [-0.05, 0) is 42.2 Å². The number of nitrogens with zero attached hydrogens (tertiary/aromatic N) is 1. The highest BCUT2D eigenvalue weighted by atomic mass is 14.6. The van der Waals surface area contributed by atoms with Crippen LogP contribution in [0.2, 0.25) is 0 Å². The van der Waals surface area contributed by atoms with Gasteiger partial charge in [0.2, 0.25) is 0 Å². The minimum atomic E-state index is 1.11. The normalized spacial score (nSPS) is 10.9. The van der Waals surface area contributed by atoms with Crippen molar-refractivity contribution >= 4 is 10.9 Å². The molecule has 1 aromatic heterocycles. The first-order chi connectivity index (χ1) is 7.83. The summed E-state index contributed by atoms with van der Waals surface area (Å²) in [6.45, 7) is 4.42. The topological polar surface area (TPSA) is 12.9 Å². The minimum Gasteiger partial charge on any atom is -0.256 e. The average molecular weight is 213 g/mol. The van der Waals surface area contributed by atoms with Crippen LogP contribution in [0.3, 0.4) is 0 Å². The first-order valence-electron chi connectivity index (χ1n) is 6.21. The molecule has 0 aliphatic rings. The Labute approximate surface area is 97.5 Å². The number of aromatic nitrogens is 1. The summed E-state index contributed by atoms with van der Waals surface area (Å²) in [7, 11) is 0. The van der Waals surface area contributed by atoms with Crippen LogP contribution in [0, 0.1) is 0 Å². The van der Waals surface area contributed by atoms with Gasteiger partial charge in [-0.3, -0.25) is 4.98 Å². The van der Waals surface area contributed by atoms with Crippen molar-refractivity contribution in [3.63, 3.8) is 0 Å². The molecule has 1 heteroatoms. The Morgan fingerprint density at radius 2 is 1.62 bits per heavy atom. The van der Waals surface area contributed by atoms with Crippen molar-refractivity contribution in [2.75, 3.05) is 0 Å². The summed E-state index contributed by atoms with van der Waals surface area (Å²) in [5.74, 6) is 0. The summed E-state index contributed by atoms with van der Waals surface area (Å²) >= 11 is 0. The van der Waals surface area contributed by atoms with Crippen LogP contribution in [-0.2, 0) is 12.8 Å². The zero-order chi connectivity index (χ0) is 11.4. The van der Waals surface area contributed by atoms with Crippen molar-refractivity contribution in [1.29, 1.82) is 0 Å². The zero-order valence-electron chi connectivity index (χ0n) is 10.2. The molecule has 0 unspecified atom stereocenters. The quantitative estimate of drug-likeness (QED) is 0.743. The number of benzene rings is 1. The molecule has 0 spiro atoms. The molecule has 0 atom stereocenters. The largest absolute Gasteiger partial charge is 0.256 e. The summed E-state index contributed by atoms with van der Waals surface area (Å²) in [5, 5.41) is 1.29. The third-order valence-electron chi connectivity index (χ3n) is 2.88. The Morgan fingerprint density at radius 3 is 2.38 bits per heavy atom. The SMILES string of the molecule is CCCc1ccc2ncc(CCC)cc2c1. The van der Waals surface area contributed by atoms with E-state index in [2.05, 4.69) is 43.1 Å². The van der Waals surface area contributed by atoms with Crippen LogP contribution in [0.4, 0.5) is 0 Å². The third-order valence-corrected chi connectivity index (χ3v) is 2.88. The fourth-order valence-corrected chi connectivity index (χ4v) is 2.10. The lowest BCUT2D eigenvalue weighted by Crippen LogP contribution is -1.89. The first kappa shape index (κ1) is 11.1.